The third-order valence-corrected chi connectivity index (χ3v) is 4.16. The van der Waals surface area contributed by atoms with Crippen molar-refractivity contribution in [1.82, 2.24) is 9.88 Å². The van der Waals surface area contributed by atoms with Gasteiger partial charge in [-0.05, 0) is 25.0 Å². The van der Waals surface area contributed by atoms with Crippen molar-refractivity contribution in [3.05, 3.63) is 35.5 Å². The third-order valence-electron chi connectivity index (χ3n) is 4.16. The number of unbranched alkanes of at least 4 members (excludes halogenated alkanes) is 1. The van der Waals surface area contributed by atoms with Crippen LogP contribution in [0.1, 0.15) is 42.2 Å². The van der Waals surface area contributed by atoms with Crippen LogP contribution in [-0.2, 0) is 16.1 Å². The number of amides is 1. The minimum Gasteiger partial charge on any atom is -0.481 e. The van der Waals surface area contributed by atoms with E-state index in [0.29, 0.717) is 12.2 Å². The van der Waals surface area contributed by atoms with E-state index in [1.165, 1.54) is 0 Å². The Kier molecular flexibility index (Phi) is 5.80. The SMILES string of the molecule is CCCCn1c(C(=O)NC(CC(=O)O)C(=O)O)c(C)c2ccccc21. The summed E-state index contributed by atoms with van der Waals surface area (Å²) in [6.45, 7) is 4.49. The van der Waals surface area contributed by atoms with E-state index in [1.807, 2.05) is 42.7 Å². The first kappa shape index (κ1) is 18.5. The maximum atomic E-state index is 12.7. The highest BCUT2D eigenvalue weighted by molar-refractivity contribution is 6.03. The molecule has 0 saturated carbocycles. The lowest BCUT2D eigenvalue weighted by molar-refractivity contribution is -0.145. The topological polar surface area (TPSA) is 109 Å². The molecule has 0 aliphatic heterocycles. The van der Waals surface area contributed by atoms with Crippen LogP contribution in [0.5, 0.6) is 0 Å². The van der Waals surface area contributed by atoms with Crippen molar-refractivity contribution in [3.8, 4) is 0 Å². The molecular formula is C18H22N2O5. The predicted molar refractivity (Wildman–Crippen MR) is 92.7 cm³/mol. The molecule has 0 spiro atoms. The summed E-state index contributed by atoms with van der Waals surface area (Å²) in [5.74, 6) is -3.22. The summed E-state index contributed by atoms with van der Waals surface area (Å²) in [7, 11) is 0. The van der Waals surface area contributed by atoms with Crippen LogP contribution in [0.15, 0.2) is 24.3 Å². The molecule has 2 aromatic rings. The fourth-order valence-electron chi connectivity index (χ4n) is 2.92. The monoisotopic (exact) mass is 346 g/mol. The molecule has 1 amide bonds. The highest BCUT2D eigenvalue weighted by Gasteiger charge is 2.27. The molecule has 25 heavy (non-hydrogen) atoms. The second-order valence-corrected chi connectivity index (χ2v) is 5.96. The van der Waals surface area contributed by atoms with Gasteiger partial charge in [0.15, 0.2) is 0 Å². The molecule has 134 valence electrons. The van der Waals surface area contributed by atoms with Gasteiger partial charge in [-0.1, -0.05) is 31.5 Å². The Morgan fingerprint density at radius 1 is 1.20 bits per heavy atom. The van der Waals surface area contributed by atoms with Gasteiger partial charge >= 0.3 is 11.9 Å². The molecule has 1 heterocycles. The number of carboxylic acid groups (broad SMARTS) is 2. The van der Waals surface area contributed by atoms with Crippen LogP contribution in [0, 0.1) is 6.92 Å². The molecule has 0 aliphatic carbocycles. The number of aryl methyl sites for hydroxylation is 2. The quantitative estimate of drug-likeness (QED) is 0.680. The van der Waals surface area contributed by atoms with Crippen molar-refractivity contribution in [1.29, 1.82) is 0 Å². The molecule has 3 N–H and O–H groups in total. The summed E-state index contributed by atoms with van der Waals surface area (Å²) < 4.78 is 1.88. The van der Waals surface area contributed by atoms with Crippen LogP contribution in [0.2, 0.25) is 0 Å². The Morgan fingerprint density at radius 3 is 2.48 bits per heavy atom. The van der Waals surface area contributed by atoms with Crippen molar-refractivity contribution >= 4 is 28.7 Å². The number of aromatic nitrogens is 1. The van der Waals surface area contributed by atoms with Crippen molar-refractivity contribution < 1.29 is 24.6 Å². The number of para-hydroxylation sites is 1. The lowest BCUT2D eigenvalue weighted by Gasteiger charge is -2.15. The largest absolute Gasteiger partial charge is 0.481 e. The molecule has 0 fully saturated rings. The fourth-order valence-corrected chi connectivity index (χ4v) is 2.92. The first-order valence-electron chi connectivity index (χ1n) is 8.20. The molecule has 0 saturated heterocycles. The lowest BCUT2D eigenvalue weighted by Crippen LogP contribution is -2.43. The molecule has 7 nitrogen and oxygen atoms in total. The van der Waals surface area contributed by atoms with Gasteiger partial charge in [-0.2, -0.15) is 0 Å². The lowest BCUT2D eigenvalue weighted by atomic mass is 10.1. The maximum absolute atomic E-state index is 12.7. The first-order valence-corrected chi connectivity index (χ1v) is 8.20. The number of carbonyl (C=O) groups is 3. The highest BCUT2D eigenvalue weighted by Crippen LogP contribution is 2.26. The van der Waals surface area contributed by atoms with E-state index in [4.69, 9.17) is 10.2 Å². The van der Waals surface area contributed by atoms with Crippen LogP contribution in [0.4, 0.5) is 0 Å². The van der Waals surface area contributed by atoms with Crippen molar-refractivity contribution in [3.63, 3.8) is 0 Å². The van der Waals surface area contributed by atoms with Crippen LogP contribution in [-0.4, -0.2) is 38.7 Å². The Morgan fingerprint density at radius 2 is 1.88 bits per heavy atom. The average Bonchev–Trinajstić information content (AvgIpc) is 2.84. The summed E-state index contributed by atoms with van der Waals surface area (Å²) in [6, 6.07) is 6.13. The number of hydrogen-bond acceptors (Lipinski definition) is 3. The van der Waals surface area contributed by atoms with Crippen LogP contribution >= 0.6 is 0 Å². The summed E-state index contributed by atoms with van der Waals surface area (Å²) >= 11 is 0. The number of nitrogens with zero attached hydrogens (tertiary/aromatic N) is 1. The highest BCUT2D eigenvalue weighted by atomic mass is 16.4. The molecule has 7 heteroatoms. The fraction of sp³-hybridized carbons (Fsp3) is 0.389. The standard InChI is InChI=1S/C18H22N2O5/c1-3-4-9-20-14-8-6-5-7-12(14)11(2)16(20)17(23)19-13(18(24)25)10-15(21)22/h5-8,13H,3-4,9-10H2,1-2H3,(H,19,23)(H,21,22)(H,24,25). The smallest absolute Gasteiger partial charge is 0.326 e. The van der Waals surface area contributed by atoms with E-state index in [2.05, 4.69) is 5.32 Å². The second kappa shape index (κ2) is 7.83. The number of aliphatic carboxylic acids is 2. The molecule has 0 aliphatic rings. The molecule has 2 rings (SSSR count). The zero-order chi connectivity index (χ0) is 18.6. The molecular weight excluding hydrogens is 324 g/mol. The van der Waals surface area contributed by atoms with E-state index < -0.39 is 30.3 Å². The normalized spacial score (nSPS) is 12.1. The predicted octanol–water partition coefficient (Wildman–Crippen LogP) is 2.41. The van der Waals surface area contributed by atoms with Crippen molar-refractivity contribution in [2.24, 2.45) is 0 Å². The van der Waals surface area contributed by atoms with Gasteiger partial charge in [0, 0.05) is 17.4 Å². The minimum absolute atomic E-state index is 0.381. The number of rotatable bonds is 8. The van der Waals surface area contributed by atoms with Crippen LogP contribution < -0.4 is 5.32 Å². The van der Waals surface area contributed by atoms with Gasteiger partial charge in [-0.3, -0.25) is 9.59 Å². The molecule has 0 bridgehead atoms. The summed E-state index contributed by atoms with van der Waals surface area (Å²) in [6.07, 6.45) is 1.15. The van der Waals surface area contributed by atoms with Gasteiger partial charge in [-0.25, -0.2) is 4.79 Å². The molecule has 1 unspecified atom stereocenters. The van der Waals surface area contributed by atoms with E-state index in [1.54, 1.807) is 0 Å². The maximum Gasteiger partial charge on any atom is 0.326 e. The third kappa shape index (κ3) is 3.99. The summed E-state index contributed by atoms with van der Waals surface area (Å²) in [5.41, 5.74) is 2.04. The van der Waals surface area contributed by atoms with Gasteiger partial charge < -0.3 is 20.1 Å². The van der Waals surface area contributed by atoms with E-state index in [-0.39, 0.29) is 0 Å². The molecule has 1 atom stereocenters. The van der Waals surface area contributed by atoms with Crippen molar-refractivity contribution in [2.45, 2.75) is 45.7 Å². The molecule has 1 aromatic heterocycles. The van der Waals surface area contributed by atoms with E-state index >= 15 is 0 Å². The number of carbonyl (C=O) groups excluding carboxylic acids is 1. The van der Waals surface area contributed by atoms with E-state index in [0.717, 1.165) is 29.3 Å². The van der Waals surface area contributed by atoms with Crippen molar-refractivity contribution in [2.75, 3.05) is 0 Å². The minimum atomic E-state index is -1.47. The Hall–Kier alpha value is -2.83. The van der Waals surface area contributed by atoms with Gasteiger partial charge in [0.05, 0.1) is 6.42 Å². The zero-order valence-corrected chi connectivity index (χ0v) is 14.3. The number of fused-ring (bicyclic) bond motifs is 1. The molecule has 0 radical (unpaired) electrons. The Balaban J connectivity index is 2.44. The Bertz CT molecular complexity index is 809. The van der Waals surface area contributed by atoms with Gasteiger partial charge in [-0.15, -0.1) is 0 Å². The van der Waals surface area contributed by atoms with Gasteiger partial charge in [0.1, 0.15) is 11.7 Å². The van der Waals surface area contributed by atoms with Crippen LogP contribution in [0.3, 0.4) is 0 Å². The number of nitrogens with one attached hydrogen (secondary N) is 1. The zero-order valence-electron chi connectivity index (χ0n) is 14.3. The van der Waals surface area contributed by atoms with Gasteiger partial charge in [0.25, 0.3) is 5.91 Å². The van der Waals surface area contributed by atoms with Crippen LogP contribution in [0.25, 0.3) is 10.9 Å². The summed E-state index contributed by atoms with van der Waals surface area (Å²) in [4.78, 5) is 34.8. The second-order valence-electron chi connectivity index (χ2n) is 5.96. The number of carboxylic acids is 2. The number of hydrogen-bond donors (Lipinski definition) is 3. The van der Waals surface area contributed by atoms with E-state index in [9.17, 15) is 14.4 Å². The number of benzene rings is 1. The Labute approximate surface area is 145 Å². The molecule has 1 aromatic carbocycles. The van der Waals surface area contributed by atoms with Gasteiger partial charge in [0.2, 0.25) is 0 Å². The average molecular weight is 346 g/mol. The summed E-state index contributed by atoms with van der Waals surface area (Å²) in [5, 5.41) is 21.3. The first-order chi connectivity index (χ1) is 11.9.